The van der Waals surface area contributed by atoms with Crippen LogP contribution in [0.1, 0.15) is 32.1 Å². The Morgan fingerprint density at radius 2 is 1.80 bits per heavy atom. The zero-order chi connectivity index (χ0) is 15.6. The van der Waals surface area contributed by atoms with Crippen LogP contribution in [0.15, 0.2) is 36.7 Å². The molecule has 2 atom stereocenters. The molecule has 1 amide bonds. The van der Waals surface area contributed by atoms with Gasteiger partial charge >= 0.3 is 0 Å². The van der Waals surface area contributed by atoms with Crippen LogP contribution in [0.4, 0.5) is 5.69 Å². The first-order valence-electron chi connectivity index (χ1n) is 8.42. The molecule has 1 aromatic carbocycles. The zero-order valence-electron chi connectivity index (χ0n) is 13.9. The molecule has 2 unspecified atom stereocenters. The van der Waals surface area contributed by atoms with Gasteiger partial charge in [-0.1, -0.05) is 0 Å². The second kappa shape index (κ2) is 8.70. The summed E-state index contributed by atoms with van der Waals surface area (Å²) in [6.45, 7) is 0. The number of amides is 1. The number of aromatic amines is 1. The summed E-state index contributed by atoms with van der Waals surface area (Å²) in [7, 11) is 0. The van der Waals surface area contributed by atoms with Crippen molar-refractivity contribution >= 4 is 36.4 Å². The van der Waals surface area contributed by atoms with Gasteiger partial charge in [-0.15, -0.1) is 24.8 Å². The van der Waals surface area contributed by atoms with Crippen LogP contribution in [0.5, 0.6) is 0 Å². The molecule has 1 aromatic heterocycles. The highest BCUT2D eigenvalue weighted by atomic mass is 35.5. The summed E-state index contributed by atoms with van der Waals surface area (Å²) in [6.07, 6.45) is 9.00. The predicted octanol–water partition coefficient (Wildman–Crippen LogP) is 3.78. The number of H-pyrrole nitrogens is 1. The largest absolute Gasteiger partial charge is 0.345 e. The van der Waals surface area contributed by atoms with Crippen molar-refractivity contribution in [3.63, 3.8) is 0 Å². The van der Waals surface area contributed by atoms with Crippen LogP contribution in [0.25, 0.3) is 11.4 Å². The minimum Gasteiger partial charge on any atom is -0.345 e. The summed E-state index contributed by atoms with van der Waals surface area (Å²) < 4.78 is 0. The fourth-order valence-electron chi connectivity index (χ4n) is 3.95. The molecule has 0 aliphatic carbocycles. The molecule has 3 N–H and O–H groups in total. The molecule has 2 aliphatic heterocycles. The van der Waals surface area contributed by atoms with Gasteiger partial charge in [0.25, 0.3) is 0 Å². The van der Waals surface area contributed by atoms with Crippen LogP contribution in [0.2, 0.25) is 0 Å². The molecular formula is C18H24Cl2N4O. The topological polar surface area (TPSA) is 69.8 Å². The smallest absolute Gasteiger partial charge is 0.224 e. The Hall–Kier alpha value is -1.56. The average molecular weight is 383 g/mol. The quantitative estimate of drug-likeness (QED) is 0.753. The van der Waals surface area contributed by atoms with Gasteiger partial charge in [0.15, 0.2) is 0 Å². The Labute approximate surface area is 160 Å². The van der Waals surface area contributed by atoms with E-state index in [0.717, 1.165) is 29.9 Å². The molecule has 25 heavy (non-hydrogen) atoms. The molecule has 4 rings (SSSR count). The van der Waals surface area contributed by atoms with E-state index in [2.05, 4.69) is 20.6 Å². The number of carbonyl (C=O) groups is 1. The SMILES string of the molecule is Cl.Cl.O=C(CC1CC2CCC(C1)N2)Nc1ccc(-c2ncc[nH]2)cc1. The van der Waals surface area contributed by atoms with E-state index in [0.29, 0.717) is 24.4 Å². The first kappa shape index (κ1) is 19.8. The predicted molar refractivity (Wildman–Crippen MR) is 104 cm³/mol. The molecule has 2 aromatic rings. The maximum atomic E-state index is 12.3. The minimum atomic E-state index is 0. The number of aromatic nitrogens is 2. The van der Waals surface area contributed by atoms with E-state index in [1.54, 1.807) is 12.4 Å². The molecule has 5 nitrogen and oxygen atoms in total. The lowest BCUT2D eigenvalue weighted by molar-refractivity contribution is -0.117. The van der Waals surface area contributed by atoms with E-state index >= 15 is 0 Å². The monoisotopic (exact) mass is 382 g/mol. The molecule has 7 heteroatoms. The number of anilines is 1. The van der Waals surface area contributed by atoms with Crippen molar-refractivity contribution in [2.24, 2.45) is 5.92 Å². The number of nitrogens with one attached hydrogen (secondary N) is 3. The van der Waals surface area contributed by atoms with Crippen molar-refractivity contribution in [2.75, 3.05) is 5.32 Å². The second-order valence-corrected chi connectivity index (χ2v) is 6.74. The molecule has 2 fully saturated rings. The highest BCUT2D eigenvalue weighted by Gasteiger charge is 2.34. The summed E-state index contributed by atoms with van der Waals surface area (Å²) in [4.78, 5) is 19.6. The molecule has 0 radical (unpaired) electrons. The van der Waals surface area contributed by atoms with E-state index in [9.17, 15) is 4.79 Å². The standard InChI is InChI=1S/C18H22N4O.2ClH/c23-17(11-12-9-15-5-6-16(10-12)21-15)22-14-3-1-13(2-4-14)18-19-7-8-20-18;;/h1-4,7-8,12,15-16,21H,5-6,9-11H2,(H,19,20)(H,22,23);2*1H. The number of benzene rings is 1. The Bertz CT molecular complexity index is 663. The third-order valence-corrected chi connectivity index (χ3v) is 4.99. The van der Waals surface area contributed by atoms with E-state index < -0.39 is 0 Å². The van der Waals surface area contributed by atoms with Crippen LogP contribution in [0, 0.1) is 5.92 Å². The van der Waals surface area contributed by atoms with Crippen LogP contribution in [0.3, 0.4) is 0 Å². The Kier molecular flexibility index (Phi) is 6.87. The van der Waals surface area contributed by atoms with Gasteiger partial charge in [0, 0.05) is 42.1 Å². The molecule has 0 saturated carbocycles. The van der Waals surface area contributed by atoms with Gasteiger partial charge in [-0.3, -0.25) is 4.79 Å². The maximum Gasteiger partial charge on any atom is 0.224 e. The lowest BCUT2D eigenvalue weighted by atomic mass is 9.89. The first-order chi connectivity index (χ1) is 11.3. The van der Waals surface area contributed by atoms with Crippen LogP contribution < -0.4 is 10.6 Å². The normalized spacial score (nSPS) is 24.1. The van der Waals surface area contributed by atoms with E-state index in [1.807, 2.05) is 24.3 Å². The number of nitrogens with zero attached hydrogens (tertiary/aromatic N) is 1. The van der Waals surface area contributed by atoms with Crippen molar-refractivity contribution in [3.8, 4) is 11.4 Å². The van der Waals surface area contributed by atoms with Crippen LogP contribution >= 0.6 is 24.8 Å². The van der Waals surface area contributed by atoms with Crippen molar-refractivity contribution in [2.45, 2.75) is 44.2 Å². The maximum absolute atomic E-state index is 12.3. The molecule has 2 aliphatic rings. The number of hydrogen-bond donors (Lipinski definition) is 3. The van der Waals surface area contributed by atoms with Crippen molar-refractivity contribution in [1.29, 1.82) is 0 Å². The summed E-state index contributed by atoms with van der Waals surface area (Å²) in [6, 6.07) is 9.08. The van der Waals surface area contributed by atoms with Gasteiger partial charge < -0.3 is 15.6 Å². The Morgan fingerprint density at radius 3 is 2.40 bits per heavy atom. The summed E-state index contributed by atoms with van der Waals surface area (Å²) in [5, 5.41) is 6.64. The molecule has 136 valence electrons. The summed E-state index contributed by atoms with van der Waals surface area (Å²) >= 11 is 0. The van der Waals surface area contributed by atoms with Gasteiger partial charge in [-0.25, -0.2) is 4.98 Å². The Balaban J connectivity index is 0.00000113. The highest BCUT2D eigenvalue weighted by Crippen LogP contribution is 2.32. The number of carbonyl (C=O) groups excluding carboxylic acids is 1. The fraction of sp³-hybridized carbons (Fsp3) is 0.444. The summed E-state index contributed by atoms with van der Waals surface area (Å²) in [5.41, 5.74) is 1.87. The van der Waals surface area contributed by atoms with Crippen LogP contribution in [-0.4, -0.2) is 28.0 Å². The first-order valence-corrected chi connectivity index (χ1v) is 8.42. The molecular weight excluding hydrogens is 359 g/mol. The number of hydrogen-bond acceptors (Lipinski definition) is 3. The van der Waals surface area contributed by atoms with Gasteiger partial charge in [0.2, 0.25) is 5.91 Å². The minimum absolute atomic E-state index is 0. The molecule has 3 heterocycles. The lowest BCUT2D eigenvalue weighted by Crippen LogP contribution is -2.39. The average Bonchev–Trinajstić information content (AvgIpc) is 3.18. The lowest BCUT2D eigenvalue weighted by Gasteiger charge is -2.28. The molecule has 2 bridgehead atoms. The number of rotatable bonds is 4. The molecule has 0 spiro atoms. The number of fused-ring (bicyclic) bond motifs is 2. The van der Waals surface area contributed by atoms with Gasteiger partial charge in [0.05, 0.1) is 0 Å². The highest BCUT2D eigenvalue weighted by molar-refractivity contribution is 5.91. The number of halogens is 2. The van der Waals surface area contributed by atoms with Crippen molar-refractivity contribution < 1.29 is 4.79 Å². The number of piperidine rings is 1. The summed E-state index contributed by atoms with van der Waals surface area (Å²) in [5.74, 6) is 1.49. The van der Waals surface area contributed by atoms with E-state index in [-0.39, 0.29) is 30.7 Å². The van der Waals surface area contributed by atoms with E-state index in [1.165, 1.54) is 12.8 Å². The van der Waals surface area contributed by atoms with Gasteiger partial charge in [0.1, 0.15) is 5.82 Å². The molecule has 2 saturated heterocycles. The van der Waals surface area contributed by atoms with E-state index in [4.69, 9.17) is 0 Å². The zero-order valence-corrected chi connectivity index (χ0v) is 15.5. The van der Waals surface area contributed by atoms with Crippen LogP contribution in [-0.2, 0) is 4.79 Å². The van der Waals surface area contributed by atoms with Gasteiger partial charge in [-0.2, -0.15) is 0 Å². The Morgan fingerprint density at radius 1 is 1.12 bits per heavy atom. The fourth-order valence-corrected chi connectivity index (χ4v) is 3.95. The van der Waals surface area contributed by atoms with Gasteiger partial charge in [-0.05, 0) is 55.9 Å². The number of imidazole rings is 1. The third kappa shape index (κ3) is 4.75. The van der Waals surface area contributed by atoms with Crippen molar-refractivity contribution in [3.05, 3.63) is 36.7 Å². The third-order valence-electron chi connectivity index (χ3n) is 4.99. The van der Waals surface area contributed by atoms with Crippen molar-refractivity contribution in [1.82, 2.24) is 15.3 Å². The second-order valence-electron chi connectivity index (χ2n) is 6.74.